The highest BCUT2D eigenvalue weighted by molar-refractivity contribution is 5.49. The number of hydrogen-bond donors (Lipinski definition) is 1. The Kier molecular flexibility index (Phi) is 3.98. The minimum absolute atomic E-state index is 0.0183. The lowest BCUT2D eigenvalue weighted by molar-refractivity contribution is -0.110. The van der Waals surface area contributed by atoms with Gasteiger partial charge in [0.25, 0.3) is 0 Å². The van der Waals surface area contributed by atoms with Gasteiger partial charge in [-0.1, -0.05) is 18.2 Å². The van der Waals surface area contributed by atoms with E-state index in [1.165, 1.54) is 0 Å². The van der Waals surface area contributed by atoms with Crippen LogP contribution in [0.2, 0.25) is 0 Å². The Hall–Kier alpha value is -1.51. The average molecular weight is 193 g/mol. The van der Waals surface area contributed by atoms with Gasteiger partial charge in [0.1, 0.15) is 5.75 Å². The zero-order chi connectivity index (χ0) is 10.4. The largest absolute Gasteiger partial charge is 0.494 e. The van der Waals surface area contributed by atoms with Crippen molar-refractivity contribution in [1.29, 1.82) is 0 Å². The summed E-state index contributed by atoms with van der Waals surface area (Å²) in [7, 11) is 0. The van der Waals surface area contributed by atoms with Crippen molar-refractivity contribution in [3.8, 4) is 5.75 Å². The molecule has 0 unspecified atom stereocenters. The highest BCUT2D eigenvalue weighted by Gasteiger charge is 2.09. The Morgan fingerprint density at radius 1 is 1.50 bits per heavy atom. The first kappa shape index (κ1) is 10.6. The first-order valence-electron chi connectivity index (χ1n) is 4.71. The Morgan fingerprint density at radius 2 is 2.21 bits per heavy atom. The molecule has 1 aromatic rings. The molecule has 0 spiro atoms. The van der Waals surface area contributed by atoms with Crippen LogP contribution in [0, 0.1) is 0 Å². The van der Waals surface area contributed by atoms with Crippen molar-refractivity contribution < 1.29 is 9.53 Å². The predicted octanol–water partition coefficient (Wildman–Crippen LogP) is 1.89. The lowest BCUT2D eigenvalue weighted by Crippen LogP contribution is -2.17. The van der Waals surface area contributed by atoms with E-state index in [4.69, 9.17) is 4.74 Å². The van der Waals surface area contributed by atoms with Gasteiger partial charge in [-0.3, -0.25) is 4.79 Å². The van der Waals surface area contributed by atoms with Crippen molar-refractivity contribution in [1.82, 2.24) is 5.32 Å². The first-order chi connectivity index (χ1) is 6.79. The molecule has 0 bridgehead atoms. The third kappa shape index (κ3) is 2.49. The van der Waals surface area contributed by atoms with Crippen LogP contribution in [0.3, 0.4) is 0 Å². The van der Waals surface area contributed by atoms with Crippen molar-refractivity contribution in [2.24, 2.45) is 0 Å². The Morgan fingerprint density at radius 3 is 2.86 bits per heavy atom. The number of ether oxygens (including phenoxy) is 1. The van der Waals surface area contributed by atoms with E-state index in [2.05, 4.69) is 5.32 Å². The molecule has 0 heterocycles. The molecule has 0 radical (unpaired) electrons. The molecule has 0 aliphatic carbocycles. The zero-order valence-electron chi connectivity index (χ0n) is 8.49. The fourth-order valence-corrected chi connectivity index (χ4v) is 1.32. The van der Waals surface area contributed by atoms with E-state index in [1.54, 1.807) is 0 Å². The number of hydrogen-bond acceptors (Lipinski definition) is 2. The van der Waals surface area contributed by atoms with Crippen LogP contribution in [0.4, 0.5) is 0 Å². The van der Waals surface area contributed by atoms with Gasteiger partial charge in [-0.2, -0.15) is 0 Å². The molecule has 3 nitrogen and oxygen atoms in total. The average Bonchev–Trinajstić information content (AvgIpc) is 2.19. The zero-order valence-corrected chi connectivity index (χ0v) is 8.49. The van der Waals surface area contributed by atoms with E-state index in [0.717, 1.165) is 11.3 Å². The monoisotopic (exact) mass is 193 g/mol. The van der Waals surface area contributed by atoms with E-state index in [0.29, 0.717) is 13.0 Å². The lowest BCUT2D eigenvalue weighted by atomic mass is 10.1. The molecule has 0 saturated heterocycles. The maximum absolute atomic E-state index is 10.3. The summed E-state index contributed by atoms with van der Waals surface area (Å²) >= 11 is 0. The van der Waals surface area contributed by atoms with Crippen molar-refractivity contribution in [3.63, 3.8) is 0 Å². The summed E-state index contributed by atoms with van der Waals surface area (Å²) in [6, 6.07) is 7.69. The molecule has 3 heteroatoms. The van der Waals surface area contributed by atoms with E-state index < -0.39 is 0 Å². The molecule has 1 atom stereocenters. The van der Waals surface area contributed by atoms with Gasteiger partial charge >= 0.3 is 0 Å². The second kappa shape index (κ2) is 5.27. The topological polar surface area (TPSA) is 38.3 Å². The molecule has 76 valence electrons. The van der Waals surface area contributed by atoms with Crippen LogP contribution in [-0.4, -0.2) is 13.0 Å². The summed E-state index contributed by atoms with van der Waals surface area (Å²) in [5.41, 5.74) is 1.00. The van der Waals surface area contributed by atoms with Crippen LogP contribution in [0.15, 0.2) is 24.3 Å². The summed E-state index contributed by atoms with van der Waals surface area (Å²) in [4.78, 5) is 10.3. The van der Waals surface area contributed by atoms with E-state index >= 15 is 0 Å². The predicted molar refractivity (Wildman–Crippen MR) is 55.2 cm³/mol. The van der Waals surface area contributed by atoms with Crippen LogP contribution in [0.25, 0.3) is 0 Å². The Balaban J connectivity index is 2.87. The maximum atomic E-state index is 10.3. The second-order valence-corrected chi connectivity index (χ2v) is 2.98. The normalized spacial score (nSPS) is 11.9. The molecule has 0 fully saturated rings. The number of para-hydroxylation sites is 1. The molecule has 1 N–H and O–H groups in total. The number of benzene rings is 1. The molecular weight excluding hydrogens is 178 g/mol. The van der Waals surface area contributed by atoms with E-state index in [9.17, 15) is 4.79 Å². The van der Waals surface area contributed by atoms with Crippen LogP contribution in [0.5, 0.6) is 5.75 Å². The van der Waals surface area contributed by atoms with Crippen LogP contribution in [-0.2, 0) is 4.79 Å². The van der Waals surface area contributed by atoms with Gasteiger partial charge in [0.2, 0.25) is 6.41 Å². The smallest absolute Gasteiger partial charge is 0.207 e. The molecule has 0 aliphatic rings. The third-order valence-corrected chi connectivity index (χ3v) is 2.00. The minimum Gasteiger partial charge on any atom is -0.494 e. The fourth-order valence-electron chi connectivity index (χ4n) is 1.32. The van der Waals surface area contributed by atoms with Gasteiger partial charge in [0.15, 0.2) is 0 Å². The lowest BCUT2D eigenvalue weighted by Gasteiger charge is -2.15. The van der Waals surface area contributed by atoms with Crippen molar-refractivity contribution in [3.05, 3.63) is 29.8 Å². The number of carbonyl (C=O) groups excluding carboxylic acids is 1. The van der Waals surface area contributed by atoms with Gasteiger partial charge in [-0.25, -0.2) is 0 Å². The molecule has 1 rings (SSSR count). The van der Waals surface area contributed by atoms with Crippen molar-refractivity contribution in [2.45, 2.75) is 19.9 Å². The molecule has 0 aromatic heterocycles. The molecule has 0 aliphatic heterocycles. The summed E-state index contributed by atoms with van der Waals surface area (Å²) < 4.78 is 5.45. The summed E-state index contributed by atoms with van der Waals surface area (Å²) in [5.74, 6) is 0.830. The number of amides is 1. The van der Waals surface area contributed by atoms with Crippen LogP contribution in [0.1, 0.15) is 25.5 Å². The third-order valence-electron chi connectivity index (χ3n) is 2.00. The van der Waals surface area contributed by atoms with Gasteiger partial charge in [0, 0.05) is 5.56 Å². The molecular formula is C11H15NO2. The number of nitrogens with one attached hydrogen (secondary N) is 1. The minimum atomic E-state index is -0.0183. The van der Waals surface area contributed by atoms with Crippen LogP contribution < -0.4 is 10.1 Å². The van der Waals surface area contributed by atoms with Gasteiger partial charge in [-0.15, -0.1) is 0 Å². The molecule has 0 saturated carbocycles. The molecule has 1 aromatic carbocycles. The van der Waals surface area contributed by atoms with Crippen molar-refractivity contribution in [2.75, 3.05) is 6.61 Å². The summed E-state index contributed by atoms with van der Waals surface area (Å²) in [5, 5.41) is 2.70. The SMILES string of the molecule is CCOc1ccccc1[C@@H](C)NC=O. The molecule has 1 amide bonds. The summed E-state index contributed by atoms with van der Waals surface area (Å²) in [6.07, 6.45) is 0.702. The van der Waals surface area contributed by atoms with Gasteiger partial charge in [-0.05, 0) is 19.9 Å². The van der Waals surface area contributed by atoms with E-state index in [1.807, 2.05) is 38.1 Å². The fraction of sp³-hybridized carbons (Fsp3) is 0.364. The number of carbonyl (C=O) groups is 1. The van der Waals surface area contributed by atoms with Gasteiger partial charge < -0.3 is 10.1 Å². The van der Waals surface area contributed by atoms with Gasteiger partial charge in [0.05, 0.1) is 12.6 Å². The highest BCUT2D eigenvalue weighted by atomic mass is 16.5. The Bertz CT molecular complexity index is 299. The highest BCUT2D eigenvalue weighted by Crippen LogP contribution is 2.24. The molecule has 14 heavy (non-hydrogen) atoms. The first-order valence-corrected chi connectivity index (χ1v) is 4.71. The maximum Gasteiger partial charge on any atom is 0.207 e. The quantitative estimate of drug-likeness (QED) is 0.725. The number of rotatable bonds is 5. The van der Waals surface area contributed by atoms with Crippen LogP contribution >= 0.6 is 0 Å². The Labute approximate surface area is 84.1 Å². The van der Waals surface area contributed by atoms with E-state index in [-0.39, 0.29) is 6.04 Å². The standard InChI is InChI=1S/C11H15NO2/c1-3-14-11-7-5-4-6-10(11)9(2)12-8-13/h4-9H,3H2,1-2H3,(H,12,13)/t9-/m1/s1. The van der Waals surface area contributed by atoms with Crippen molar-refractivity contribution >= 4 is 6.41 Å². The second-order valence-electron chi connectivity index (χ2n) is 2.98. The summed E-state index contributed by atoms with van der Waals surface area (Å²) in [6.45, 7) is 4.49.